The van der Waals surface area contributed by atoms with Gasteiger partial charge in [-0.1, -0.05) is 0 Å². The van der Waals surface area contributed by atoms with Crippen molar-refractivity contribution in [2.75, 3.05) is 6.61 Å². The minimum atomic E-state index is -4.73. The molecular formula is C16H16F4O5. The second-order valence-corrected chi connectivity index (χ2v) is 5.53. The summed E-state index contributed by atoms with van der Waals surface area (Å²) in [5.74, 6) is -4.87. The molecule has 0 N–H and O–H groups in total. The number of Topliss-reactive ketones (excluding diaryl/α,β-unsaturated/α-hetero) is 2. The number of carbonyl (C=O) groups excluding carboxylic acids is 3. The molecule has 0 unspecified atom stereocenters. The molecular weight excluding hydrogens is 348 g/mol. The number of esters is 1. The molecule has 0 aromatic heterocycles. The Labute approximate surface area is 140 Å². The van der Waals surface area contributed by atoms with Crippen molar-refractivity contribution in [1.29, 1.82) is 0 Å². The second-order valence-electron chi connectivity index (χ2n) is 5.53. The molecule has 0 atom stereocenters. The van der Waals surface area contributed by atoms with Gasteiger partial charge in [0.1, 0.15) is 11.6 Å². The fourth-order valence-corrected chi connectivity index (χ4v) is 1.67. The number of alkyl halides is 3. The van der Waals surface area contributed by atoms with E-state index in [-0.39, 0.29) is 6.61 Å². The Morgan fingerprint density at radius 3 is 2.20 bits per heavy atom. The molecule has 0 fully saturated rings. The van der Waals surface area contributed by atoms with Crippen LogP contribution in [-0.4, -0.2) is 35.9 Å². The van der Waals surface area contributed by atoms with Crippen LogP contribution in [0.3, 0.4) is 0 Å². The third-order valence-corrected chi connectivity index (χ3v) is 3.07. The van der Waals surface area contributed by atoms with Crippen LogP contribution >= 0.6 is 0 Å². The third kappa shape index (κ3) is 5.54. The van der Waals surface area contributed by atoms with Gasteiger partial charge in [0.25, 0.3) is 0 Å². The highest BCUT2D eigenvalue weighted by molar-refractivity contribution is 6.38. The van der Waals surface area contributed by atoms with Crippen molar-refractivity contribution < 1.29 is 41.4 Å². The number of halogens is 4. The third-order valence-electron chi connectivity index (χ3n) is 3.07. The maximum atomic E-state index is 13.6. The molecule has 0 bridgehead atoms. The first-order chi connectivity index (χ1) is 11.4. The van der Waals surface area contributed by atoms with Gasteiger partial charge in [-0.2, -0.15) is 13.2 Å². The summed E-state index contributed by atoms with van der Waals surface area (Å²) in [4.78, 5) is 34.6. The number of ketones is 2. The maximum Gasteiger partial charge on any atom is 0.427 e. The Hall–Kier alpha value is -2.45. The number of ether oxygens (including phenoxy) is 2. The zero-order chi connectivity index (χ0) is 19.4. The van der Waals surface area contributed by atoms with Gasteiger partial charge in [-0.15, -0.1) is 0 Å². The van der Waals surface area contributed by atoms with Gasteiger partial charge in [0.05, 0.1) is 13.0 Å². The number of hydrogen-bond donors (Lipinski definition) is 0. The number of benzene rings is 1. The summed E-state index contributed by atoms with van der Waals surface area (Å²) >= 11 is 0. The zero-order valence-corrected chi connectivity index (χ0v) is 13.7. The van der Waals surface area contributed by atoms with E-state index in [4.69, 9.17) is 4.74 Å². The Bertz CT molecular complexity index is 680. The van der Waals surface area contributed by atoms with E-state index in [1.807, 2.05) is 0 Å². The Balaban J connectivity index is 3.00. The fraction of sp³-hybridized carbons (Fsp3) is 0.438. The van der Waals surface area contributed by atoms with Gasteiger partial charge in [0.15, 0.2) is 11.4 Å². The van der Waals surface area contributed by atoms with Gasteiger partial charge in [-0.3, -0.25) is 9.59 Å². The second kappa shape index (κ2) is 7.62. The predicted octanol–water partition coefficient (Wildman–Crippen LogP) is 3.25. The summed E-state index contributed by atoms with van der Waals surface area (Å²) in [6.45, 7) is 2.88. The van der Waals surface area contributed by atoms with Crippen LogP contribution in [0, 0.1) is 5.82 Å². The molecule has 0 saturated heterocycles. The summed E-state index contributed by atoms with van der Waals surface area (Å²) in [5, 5.41) is 0. The van der Waals surface area contributed by atoms with Crippen molar-refractivity contribution in [3.8, 4) is 5.75 Å². The first-order valence-electron chi connectivity index (χ1n) is 7.17. The van der Waals surface area contributed by atoms with Crippen LogP contribution < -0.4 is 4.74 Å². The van der Waals surface area contributed by atoms with Gasteiger partial charge in [-0.05, 0) is 32.9 Å². The van der Waals surface area contributed by atoms with E-state index in [2.05, 4.69) is 4.74 Å². The van der Waals surface area contributed by atoms with Crippen LogP contribution in [0.25, 0.3) is 0 Å². The van der Waals surface area contributed by atoms with E-state index < -0.39 is 52.9 Å². The molecule has 5 nitrogen and oxygen atoms in total. The molecule has 0 saturated carbocycles. The lowest BCUT2D eigenvalue weighted by Gasteiger charge is -2.28. The molecule has 1 rings (SSSR count). The molecule has 1 aromatic rings. The molecule has 25 heavy (non-hydrogen) atoms. The molecule has 0 aliphatic heterocycles. The first-order valence-corrected chi connectivity index (χ1v) is 7.17. The predicted molar refractivity (Wildman–Crippen MR) is 77.7 cm³/mol. The quantitative estimate of drug-likeness (QED) is 0.244. The van der Waals surface area contributed by atoms with Crippen LogP contribution in [0.5, 0.6) is 5.75 Å². The fourth-order valence-electron chi connectivity index (χ4n) is 1.67. The molecule has 1 aromatic carbocycles. The van der Waals surface area contributed by atoms with Gasteiger partial charge < -0.3 is 9.47 Å². The zero-order valence-electron chi connectivity index (χ0n) is 13.7. The van der Waals surface area contributed by atoms with Crippen LogP contribution in [0.2, 0.25) is 0 Å². The lowest BCUT2D eigenvalue weighted by atomic mass is 10.0. The molecule has 9 heteroatoms. The van der Waals surface area contributed by atoms with Crippen molar-refractivity contribution >= 4 is 17.5 Å². The van der Waals surface area contributed by atoms with Gasteiger partial charge in [-0.25, -0.2) is 9.18 Å². The van der Waals surface area contributed by atoms with E-state index in [0.717, 1.165) is 26.0 Å². The number of rotatable bonds is 7. The average Bonchev–Trinajstić information content (AvgIpc) is 2.44. The SMILES string of the molecule is CCOC(=O)C(=O)CC(=O)c1cc(F)cc(OC(C)(C)C(F)(F)F)c1. The minimum absolute atomic E-state index is 0.0662. The highest BCUT2D eigenvalue weighted by Crippen LogP contribution is 2.34. The van der Waals surface area contributed by atoms with E-state index in [1.54, 1.807) is 0 Å². The number of carbonyl (C=O) groups is 3. The molecule has 0 aliphatic rings. The smallest absolute Gasteiger partial charge is 0.427 e. The Morgan fingerprint density at radius 1 is 1.08 bits per heavy atom. The van der Waals surface area contributed by atoms with E-state index in [0.29, 0.717) is 6.07 Å². The van der Waals surface area contributed by atoms with Crippen LogP contribution in [0.15, 0.2) is 18.2 Å². The lowest BCUT2D eigenvalue weighted by molar-refractivity contribution is -0.234. The topological polar surface area (TPSA) is 69.7 Å². The normalized spacial score (nSPS) is 11.8. The van der Waals surface area contributed by atoms with Crippen molar-refractivity contribution in [1.82, 2.24) is 0 Å². The standard InChI is InChI=1S/C16H16F4O5/c1-4-24-14(23)13(22)8-12(21)9-5-10(17)7-11(6-9)25-15(2,3)16(18,19)20/h5-7H,4,8H2,1-3H3. The van der Waals surface area contributed by atoms with Crippen LogP contribution in [0.1, 0.15) is 37.6 Å². The molecule has 0 amide bonds. The molecule has 0 heterocycles. The molecule has 138 valence electrons. The monoisotopic (exact) mass is 364 g/mol. The van der Waals surface area contributed by atoms with Crippen molar-refractivity contribution in [3.63, 3.8) is 0 Å². The maximum absolute atomic E-state index is 13.6. The first kappa shape index (κ1) is 20.6. The summed E-state index contributed by atoms with van der Waals surface area (Å²) in [5.41, 5.74) is -3.02. The Kier molecular flexibility index (Phi) is 6.28. The number of hydrogen-bond acceptors (Lipinski definition) is 5. The van der Waals surface area contributed by atoms with Gasteiger partial charge in [0.2, 0.25) is 5.78 Å². The average molecular weight is 364 g/mol. The van der Waals surface area contributed by atoms with Crippen molar-refractivity contribution in [3.05, 3.63) is 29.6 Å². The van der Waals surface area contributed by atoms with E-state index in [9.17, 15) is 31.9 Å². The molecule has 0 spiro atoms. The highest BCUT2D eigenvalue weighted by Gasteiger charge is 2.49. The van der Waals surface area contributed by atoms with Gasteiger partial charge >= 0.3 is 12.1 Å². The summed E-state index contributed by atoms with van der Waals surface area (Å²) in [6.07, 6.45) is -5.63. The van der Waals surface area contributed by atoms with Crippen molar-refractivity contribution in [2.24, 2.45) is 0 Å². The molecule has 0 aliphatic carbocycles. The van der Waals surface area contributed by atoms with E-state index >= 15 is 0 Å². The summed E-state index contributed by atoms with van der Waals surface area (Å²) < 4.78 is 61.2. The largest absolute Gasteiger partial charge is 0.478 e. The Morgan fingerprint density at radius 2 is 1.68 bits per heavy atom. The van der Waals surface area contributed by atoms with Crippen molar-refractivity contribution in [2.45, 2.75) is 39.0 Å². The van der Waals surface area contributed by atoms with Gasteiger partial charge in [0, 0.05) is 11.6 Å². The minimum Gasteiger partial charge on any atom is -0.478 e. The van der Waals surface area contributed by atoms with E-state index in [1.165, 1.54) is 6.92 Å². The highest BCUT2D eigenvalue weighted by atomic mass is 19.4. The summed E-state index contributed by atoms with van der Waals surface area (Å²) in [6, 6.07) is 2.28. The summed E-state index contributed by atoms with van der Waals surface area (Å²) in [7, 11) is 0. The lowest BCUT2D eigenvalue weighted by Crippen LogP contribution is -2.44. The van der Waals surface area contributed by atoms with Crippen LogP contribution in [-0.2, 0) is 14.3 Å². The van der Waals surface area contributed by atoms with Crippen LogP contribution in [0.4, 0.5) is 17.6 Å². The molecule has 0 radical (unpaired) electrons.